The van der Waals surface area contributed by atoms with E-state index in [0.717, 1.165) is 17.7 Å². The second kappa shape index (κ2) is 5.41. The molecule has 8 nitrogen and oxygen atoms in total. The van der Waals surface area contributed by atoms with Gasteiger partial charge >= 0.3 is 5.69 Å². The quantitative estimate of drug-likeness (QED) is 0.741. The third kappa shape index (κ3) is 2.44. The van der Waals surface area contributed by atoms with Gasteiger partial charge in [-0.15, -0.1) is 10.2 Å². The number of hydrogen-bond acceptors (Lipinski definition) is 5. The van der Waals surface area contributed by atoms with Crippen molar-refractivity contribution in [2.75, 3.05) is 0 Å². The second-order valence-electron chi connectivity index (χ2n) is 5.79. The van der Waals surface area contributed by atoms with E-state index in [9.17, 15) is 9.59 Å². The molecule has 1 fully saturated rings. The SMILES string of the molecule is Cn1nccc1[C@H]1C[C@@H]1c1cc(-c2c[nH]c(=O)[nH]c2=O)nnc1Cl. The van der Waals surface area contributed by atoms with Crippen LogP contribution in [0.15, 0.2) is 34.1 Å². The molecule has 0 spiro atoms. The first kappa shape index (κ1) is 14.8. The van der Waals surface area contributed by atoms with Crippen molar-refractivity contribution in [3.8, 4) is 11.3 Å². The van der Waals surface area contributed by atoms with Crippen LogP contribution >= 0.6 is 11.6 Å². The summed E-state index contributed by atoms with van der Waals surface area (Å²) in [4.78, 5) is 27.7. The number of nitrogens with zero attached hydrogens (tertiary/aromatic N) is 4. The molecule has 0 saturated heterocycles. The minimum atomic E-state index is -0.565. The van der Waals surface area contributed by atoms with Crippen molar-refractivity contribution in [1.82, 2.24) is 29.9 Å². The van der Waals surface area contributed by atoms with E-state index in [1.165, 1.54) is 6.20 Å². The maximum atomic E-state index is 11.9. The van der Waals surface area contributed by atoms with Crippen LogP contribution in [0.4, 0.5) is 0 Å². The third-order valence-electron chi connectivity index (χ3n) is 4.30. The third-order valence-corrected chi connectivity index (χ3v) is 4.59. The molecule has 122 valence electrons. The van der Waals surface area contributed by atoms with Gasteiger partial charge < -0.3 is 4.98 Å². The molecule has 9 heteroatoms. The fourth-order valence-corrected chi connectivity index (χ4v) is 3.23. The number of halogens is 1. The summed E-state index contributed by atoms with van der Waals surface area (Å²) in [5, 5.41) is 12.5. The highest BCUT2D eigenvalue weighted by molar-refractivity contribution is 6.30. The molecular formula is C15H13ClN6O2. The average molecular weight is 345 g/mol. The summed E-state index contributed by atoms with van der Waals surface area (Å²) in [6.45, 7) is 0. The van der Waals surface area contributed by atoms with Gasteiger partial charge in [-0.2, -0.15) is 5.10 Å². The lowest BCUT2D eigenvalue weighted by Gasteiger charge is -2.06. The molecule has 0 aliphatic heterocycles. The first-order valence-corrected chi connectivity index (χ1v) is 7.76. The monoisotopic (exact) mass is 344 g/mol. The Hall–Kier alpha value is -2.74. The topological polar surface area (TPSA) is 109 Å². The van der Waals surface area contributed by atoms with Gasteiger partial charge in [-0.3, -0.25) is 14.5 Å². The lowest BCUT2D eigenvalue weighted by Crippen LogP contribution is -2.23. The summed E-state index contributed by atoms with van der Waals surface area (Å²) in [6.07, 6.45) is 4.03. The molecule has 0 amide bonds. The molecule has 0 aromatic carbocycles. The fraction of sp³-hybridized carbons (Fsp3) is 0.267. The van der Waals surface area contributed by atoms with Gasteiger partial charge in [0.2, 0.25) is 0 Å². The first-order chi connectivity index (χ1) is 11.5. The van der Waals surface area contributed by atoms with Crippen molar-refractivity contribution in [2.45, 2.75) is 18.3 Å². The maximum Gasteiger partial charge on any atom is 0.325 e. The summed E-state index contributed by atoms with van der Waals surface area (Å²) in [7, 11) is 1.91. The standard InChI is InChI=1S/C15H13ClN6O2/c1-22-12(2-3-18-22)8-4-7(8)9-5-11(20-21-13(9)16)10-6-17-15(24)19-14(10)23/h2-3,5-8H,4H2,1H3,(H2,17,19,23,24)/t7-,8-/m0/s1. The largest absolute Gasteiger partial charge is 0.325 e. The van der Waals surface area contributed by atoms with E-state index in [-0.39, 0.29) is 11.5 Å². The Labute approximate surface area is 140 Å². The van der Waals surface area contributed by atoms with Crippen LogP contribution in [0.1, 0.15) is 29.5 Å². The van der Waals surface area contributed by atoms with Crippen LogP contribution in [0.2, 0.25) is 5.15 Å². The van der Waals surface area contributed by atoms with E-state index in [1.807, 2.05) is 17.8 Å². The number of rotatable bonds is 3. The minimum Gasteiger partial charge on any atom is -0.313 e. The smallest absolute Gasteiger partial charge is 0.313 e. The second-order valence-corrected chi connectivity index (χ2v) is 6.15. The molecule has 0 radical (unpaired) electrons. The van der Waals surface area contributed by atoms with Gasteiger partial charge in [0.25, 0.3) is 5.56 Å². The lowest BCUT2D eigenvalue weighted by atomic mass is 10.1. The van der Waals surface area contributed by atoms with Crippen molar-refractivity contribution in [3.05, 3.63) is 61.8 Å². The number of hydrogen-bond donors (Lipinski definition) is 2. The normalized spacial score (nSPS) is 19.4. The molecule has 3 heterocycles. The first-order valence-electron chi connectivity index (χ1n) is 7.38. The Kier molecular flexibility index (Phi) is 3.34. The summed E-state index contributed by atoms with van der Waals surface area (Å²) in [5.74, 6) is 0.532. The molecule has 4 rings (SSSR count). The van der Waals surface area contributed by atoms with Crippen LogP contribution in [-0.4, -0.2) is 29.9 Å². The van der Waals surface area contributed by atoms with Crippen molar-refractivity contribution < 1.29 is 0 Å². The van der Waals surface area contributed by atoms with Crippen molar-refractivity contribution in [1.29, 1.82) is 0 Å². The summed E-state index contributed by atoms with van der Waals surface area (Å²) in [6, 6.07) is 3.75. The zero-order chi connectivity index (χ0) is 16.8. The van der Waals surface area contributed by atoms with Crippen LogP contribution < -0.4 is 11.2 Å². The number of nitrogens with one attached hydrogen (secondary N) is 2. The lowest BCUT2D eigenvalue weighted by molar-refractivity contribution is 0.708. The molecule has 3 aromatic rings. The van der Waals surface area contributed by atoms with Gasteiger partial charge in [-0.05, 0) is 30.0 Å². The molecule has 2 atom stereocenters. The molecule has 1 aliphatic carbocycles. The highest BCUT2D eigenvalue weighted by atomic mass is 35.5. The van der Waals surface area contributed by atoms with E-state index in [0.29, 0.717) is 16.8 Å². The highest BCUT2D eigenvalue weighted by Crippen LogP contribution is 2.55. The van der Waals surface area contributed by atoms with Gasteiger partial charge in [0.15, 0.2) is 5.15 Å². The van der Waals surface area contributed by atoms with E-state index >= 15 is 0 Å². The number of aromatic amines is 2. The molecule has 0 unspecified atom stereocenters. The fourth-order valence-electron chi connectivity index (χ4n) is 3.00. The molecule has 24 heavy (non-hydrogen) atoms. The zero-order valence-corrected chi connectivity index (χ0v) is 13.4. The van der Waals surface area contributed by atoms with E-state index in [1.54, 1.807) is 12.3 Å². The Morgan fingerprint density at radius 2 is 2.12 bits per heavy atom. The van der Waals surface area contributed by atoms with E-state index in [4.69, 9.17) is 11.6 Å². The number of aromatic nitrogens is 6. The Morgan fingerprint density at radius 3 is 2.83 bits per heavy atom. The molecule has 3 aromatic heterocycles. The predicted octanol–water partition coefficient (Wildman–Crippen LogP) is 1.18. The predicted molar refractivity (Wildman–Crippen MR) is 87.0 cm³/mol. The van der Waals surface area contributed by atoms with Gasteiger partial charge in [0.1, 0.15) is 5.69 Å². The van der Waals surface area contributed by atoms with Gasteiger partial charge in [0, 0.05) is 31.1 Å². The van der Waals surface area contributed by atoms with Gasteiger partial charge in [-0.25, -0.2) is 4.79 Å². The molecule has 1 aliphatic rings. The van der Waals surface area contributed by atoms with Crippen LogP contribution in [0.5, 0.6) is 0 Å². The van der Waals surface area contributed by atoms with Gasteiger partial charge in [-0.1, -0.05) is 11.6 Å². The Bertz CT molecular complexity index is 1040. The van der Waals surface area contributed by atoms with E-state index in [2.05, 4.69) is 25.3 Å². The number of H-pyrrole nitrogens is 2. The molecule has 0 bridgehead atoms. The zero-order valence-electron chi connectivity index (χ0n) is 12.7. The Morgan fingerprint density at radius 1 is 1.29 bits per heavy atom. The highest BCUT2D eigenvalue weighted by Gasteiger charge is 2.43. The van der Waals surface area contributed by atoms with E-state index < -0.39 is 11.2 Å². The van der Waals surface area contributed by atoms with Crippen molar-refractivity contribution >= 4 is 11.6 Å². The van der Waals surface area contributed by atoms with Crippen molar-refractivity contribution in [2.24, 2.45) is 7.05 Å². The Balaban J connectivity index is 1.72. The maximum absolute atomic E-state index is 11.9. The summed E-state index contributed by atoms with van der Waals surface area (Å²) >= 11 is 6.21. The number of aryl methyl sites for hydroxylation is 1. The van der Waals surface area contributed by atoms with Crippen LogP contribution in [0, 0.1) is 0 Å². The molecular weight excluding hydrogens is 332 g/mol. The average Bonchev–Trinajstić information content (AvgIpc) is 3.21. The molecule has 2 N–H and O–H groups in total. The molecule has 1 saturated carbocycles. The summed E-state index contributed by atoms with van der Waals surface area (Å²) in [5.41, 5.74) is 1.53. The van der Waals surface area contributed by atoms with Crippen LogP contribution in [0.3, 0.4) is 0 Å². The summed E-state index contributed by atoms with van der Waals surface area (Å²) < 4.78 is 1.85. The van der Waals surface area contributed by atoms with Crippen LogP contribution in [0.25, 0.3) is 11.3 Å². The van der Waals surface area contributed by atoms with Crippen molar-refractivity contribution in [3.63, 3.8) is 0 Å². The van der Waals surface area contributed by atoms with Crippen LogP contribution in [-0.2, 0) is 7.05 Å². The minimum absolute atomic E-state index is 0.212. The van der Waals surface area contributed by atoms with Gasteiger partial charge in [0.05, 0.1) is 5.56 Å².